The van der Waals surface area contributed by atoms with Gasteiger partial charge in [-0.15, -0.1) is 0 Å². The minimum atomic E-state index is -2.52. The van der Waals surface area contributed by atoms with E-state index in [4.69, 9.17) is 11.6 Å². The van der Waals surface area contributed by atoms with E-state index in [9.17, 15) is 8.78 Å². The van der Waals surface area contributed by atoms with Crippen LogP contribution in [-0.4, -0.2) is 4.57 Å². The number of rotatable bonds is 1. The molecule has 13 heavy (non-hydrogen) atoms. The first-order valence-electron chi connectivity index (χ1n) is 3.73. The van der Waals surface area contributed by atoms with Crippen molar-refractivity contribution >= 4 is 22.5 Å². The third-order valence-electron chi connectivity index (χ3n) is 1.92. The van der Waals surface area contributed by atoms with Crippen molar-refractivity contribution in [3.8, 4) is 0 Å². The highest BCUT2D eigenvalue weighted by molar-refractivity contribution is 6.35. The van der Waals surface area contributed by atoms with Crippen LogP contribution >= 0.6 is 11.6 Å². The number of hydrogen-bond donors (Lipinski definition) is 0. The second-order valence-electron chi connectivity index (χ2n) is 2.67. The number of fused-ring (bicyclic) bond motifs is 1. The Morgan fingerprint density at radius 2 is 2.00 bits per heavy atom. The third-order valence-corrected chi connectivity index (χ3v) is 2.25. The minimum absolute atomic E-state index is 0.461. The van der Waals surface area contributed by atoms with E-state index < -0.39 is 6.55 Å². The third kappa shape index (κ3) is 1.29. The van der Waals surface area contributed by atoms with Crippen LogP contribution in [0.2, 0.25) is 5.02 Å². The van der Waals surface area contributed by atoms with Crippen LogP contribution in [0, 0.1) is 0 Å². The molecular formula is C9H6ClF2N. The van der Waals surface area contributed by atoms with Gasteiger partial charge in [0.05, 0.1) is 5.52 Å². The van der Waals surface area contributed by atoms with Crippen molar-refractivity contribution in [1.82, 2.24) is 4.57 Å². The lowest BCUT2D eigenvalue weighted by Gasteiger charge is -2.02. The van der Waals surface area contributed by atoms with Crippen LogP contribution < -0.4 is 0 Å². The van der Waals surface area contributed by atoms with E-state index in [1.165, 1.54) is 6.20 Å². The van der Waals surface area contributed by atoms with E-state index >= 15 is 0 Å². The molecule has 2 rings (SSSR count). The molecule has 1 nitrogen and oxygen atoms in total. The van der Waals surface area contributed by atoms with Crippen molar-refractivity contribution < 1.29 is 8.78 Å². The van der Waals surface area contributed by atoms with Crippen LogP contribution in [-0.2, 0) is 0 Å². The van der Waals surface area contributed by atoms with Crippen molar-refractivity contribution in [3.63, 3.8) is 0 Å². The van der Waals surface area contributed by atoms with Crippen molar-refractivity contribution in [1.29, 1.82) is 0 Å². The van der Waals surface area contributed by atoms with Gasteiger partial charge in [0, 0.05) is 16.6 Å². The zero-order chi connectivity index (χ0) is 9.42. The second kappa shape index (κ2) is 3.00. The summed E-state index contributed by atoms with van der Waals surface area (Å²) in [6, 6.07) is 6.54. The summed E-state index contributed by atoms with van der Waals surface area (Å²) in [6.45, 7) is -2.52. The zero-order valence-electron chi connectivity index (χ0n) is 6.55. The molecule has 0 radical (unpaired) electrons. The fraction of sp³-hybridized carbons (Fsp3) is 0.111. The van der Waals surface area contributed by atoms with Crippen molar-refractivity contribution in [2.75, 3.05) is 0 Å². The van der Waals surface area contributed by atoms with E-state index in [1.807, 2.05) is 0 Å². The average molecular weight is 202 g/mol. The van der Waals surface area contributed by atoms with Crippen LogP contribution in [0.5, 0.6) is 0 Å². The van der Waals surface area contributed by atoms with Gasteiger partial charge >= 0.3 is 6.55 Å². The second-order valence-corrected chi connectivity index (χ2v) is 3.08. The molecular weight excluding hydrogens is 196 g/mol. The van der Waals surface area contributed by atoms with Gasteiger partial charge in [0.1, 0.15) is 0 Å². The maximum Gasteiger partial charge on any atom is 0.319 e. The first kappa shape index (κ1) is 8.51. The van der Waals surface area contributed by atoms with E-state index in [-0.39, 0.29) is 0 Å². The number of nitrogens with zero attached hydrogens (tertiary/aromatic N) is 1. The maximum atomic E-state index is 12.4. The molecule has 0 bridgehead atoms. The summed E-state index contributed by atoms with van der Waals surface area (Å²) < 4.78 is 25.7. The Balaban J connectivity index is 2.75. The number of halogens is 3. The Morgan fingerprint density at radius 3 is 2.69 bits per heavy atom. The Bertz CT molecular complexity index is 436. The Morgan fingerprint density at radius 1 is 1.23 bits per heavy atom. The highest BCUT2D eigenvalue weighted by Gasteiger charge is 2.09. The fourth-order valence-electron chi connectivity index (χ4n) is 1.32. The highest BCUT2D eigenvalue weighted by atomic mass is 35.5. The molecule has 0 aliphatic rings. The lowest BCUT2D eigenvalue weighted by molar-refractivity contribution is 0.0752. The minimum Gasteiger partial charge on any atom is -0.291 e. The quantitative estimate of drug-likeness (QED) is 0.663. The summed E-state index contributed by atoms with van der Waals surface area (Å²) in [6.07, 6.45) is 1.33. The molecule has 0 N–H and O–H groups in total. The number of alkyl halides is 2. The standard InChI is InChI=1S/C9H6ClF2N/c10-7-2-1-3-8-6(7)4-5-13(8)9(11)12/h1-5,9H. The molecule has 1 aromatic carbocycles. The largest absolute Gasteiger partial charge is 0.319 e. The number of aromatic nitrogens is 1. The monoisotopic (exact) mass is 201 g/mol. The summed E-state index contributed by atoms with van der Waals surface area (Å²) in [5.41, 5.74) is 0.461. The fourth-order valence-corrected chi connectivity index (χ4v) is 1.55. The number of benzene rings is 1. The Labute approximate surface area is 78.5 Å². The van der Waals surface area contributed by atoms with E-state index in [2.05, 4.69) is 0 Å². The van der Waals surface area contributed by atoms with Crippen LogP contribution in [0.15, 0.2) is 30.5 Å². The van der Waals surface area contributed by atoms with Gasteiger partial charge in [-0.3, -0.25) is 4.57 Å². The van der Waals surface area contributed by atoms with Gasteiger partial charge in [0.2, 0.25) is 0 Å². The molecule has 1 heterocycles. The molecule has 0 saturated carbocycles. The van der Waals surface area contributed by atoms with Crippen LogP contribution in [0.3, 0.4) is 0 Å². The van der Waals surface area contributed by atoms with E-state index in [1.54, 1.807) is 24.3 Å². The maximum absolute atomic E-state index is 12.4. The summed E-state index contributed by atoms with van der Waals surface area (Å²) in [4.78, 5) is 0. The smallest absolute Gasteiger partial charge is 0.291 e. The van der Waals surface area contributed by atoms with Crippen LogP contribution in [0.25, 0.3) is 10.9 Å². The Kier molecular flexibility index (Phi) is 1.96. The molecule has 0 unspecified atom stereocenters. The topological polar surface area (TPSA) is 4.93 Å². The summed E-state index contributed by atoms with van der Waals surface area (Å²) in [7, 11) is 0. The summed E-state index contributed by atoms with van der Waals surface area (Å²) in [5.74, 6) is 0. The van der Waals surface area contributed by atoms with Gasteiger partial charge in [-0.1, -0.05) is 17.7 Å². The van der Waals surface area contributed by atoms with Crippen LogP contribution in [0.4, 0.5) is 8.78 Å². The summed E-state index contributed by atoms with van der Waals surface area (Å²) in [5, 5.41) is 1.15. The van der Waals surface area contributed by atoms with Gasteiger partial charge in [-0.25, -0.2) is 0 Å². The molecule has 0 saturated heterocycles. The lowest BCUT2D eigenvalue weighted by atomic mass is 10.2. The molecule has 68 valence electrons. The van der Waals surface area contributed by atoms with Gasteiger partial charge < -0.3 is 0 Å². The van der Waals surface area contributed by atoms with Gasteiger partial charge in [0.25, 0.3) is 0 Å². The molecule has 0 aliphatic heterocycles. The SMILES string of the molecule is FC(F)n1ccc2c(Cl)cccc21. The van der Waals surface area contributed by atoms with Crippen molar-refractivity contribution in [3.05, 3.63) is 35.5 Å². The molecule has 4 heteroatoms. The molecule has 2 aromatic rings. The van der Waals surface area contributed by atoms with E-state index in [0.29, 0.717) is 15.9 Å². The van der Waals surface area contributed by atoms with Gasteiger partial charge in [-0.05, 0) is 18.2 Å². The molecule has 0 fully saturated rings. The molecule has 0 spiro atoms. The lowest BCUT2D eigenvalue weighted by Crippen LogP contribution is -1.94. The molecule has 0 aliphatic carbocycles. The van der Waals surface area contributed by atoms with Crippen LogP contribution in [0.1, 0.15) is 6.55 Å². The van der Waals surface area contributed by atoms with Gasteiger partial charge in [0.15, 0.2) is 0 Å². The molecule has 0 atom stereocenters. The molecule has 0 amide bonds. The highest BCUT2D eigenvalue weighted by Crippen LogP contribution is 2.27. The predicted octanol–water partition coefficient (Wildman–Crippen LogP) is 3.69. The van der Waals surface area contributed by atoms with E-state index in [0.717, 1.165) is 4.57 Å². The average Bonchev–Trinajstić information content (AvgIpc) is 2.48. The van der Waals surface area contributed by atoms with Crippen molar-refractivity contribution in [2.24, 2.45) is 0 Å². The summed E-state index contributed by atoms with van der Waals surface area (Å²) >= 11 is 5.82. The Hall–Kier alpha value is -1.09. The molecule has 1 aromatic heterocycles. The normalized spacial score (nSPS) is 11.4. The predicted molar refractivity (Wildman–Crippen MR) is 48.2 cm³/mol. The zero-order valence-corrected chi connectivity index (χ0v) is 7.30. The van der Waals surface area contributed by atoms with Crippen molar-refractivity contribution in [2.45, 2.75) is 6.55 Å². The van der Waals surface area contributed by atoms with Gasteiger partial charge in [-0.2, -0.15) is 8.78 Å². The first-order chi connectivity index (χ1) is 6.20. The number of hydrogen-bond acceptors (Lipinski definition) is 0. The first-order valence-corrected chi connectivity index (χ1v) is 4.11.